The number of carboxylic acids is 1. The molecule has 112 valence electrons. The summed E-state index contributed by atoms with van der Waals surface area (Å²) in [6.07, 6.45) is 0.734. The van der Waals surface area contributed by atoms with Crippen LogP contribution in [0.5, 0.6) is 0 Å². The second-order valence-corrected chi connectivity index (χ2v) is 7.23. The number of nitrogens with two attached hydrogens (primary N) is 1. The molecule has 4 N–H and O–H groups in total. The maximum Gasteiger partial charge on any atom is 0.320 e. The van der Waals surface area contributed by atoms with Gasteiger partial charge in [0.2, 0.25) is 10.0 Å². The number of anilines is 1. The molecule has 8 heteroatoms. The van der Waals surface area contributed by atoms with E-state index in [-0.39, 0.29) is 12.2 Å². The lowest BCUT2D eigenvalue weighted by atomic mass is 10.1. The van der Waals surface area contributed by atoms with Crippen LogP contribution in [0, 0.1) is 0 Å². The zero-order valence-corrected chi connectivity index (χ0v) is 13.7. The minimum absolute atomic E-state index is 0.0643. The van der Waals surface area contributed by atoms with Gasteiger partial charge in [-0.1, -0.05) is 34.7 Å². The van der Waals surface area contributed by atoms with Gasteiger partial charge in [0.1, 0.15) is 6.04 Å². The Labute approximate surface area is 131 Å². The van der Waals surface area contributed by atoms with Crippen molar-refractivity contribution < 1.29 is 18.3 Å². The number of nitrogens with one attached hydrogen (secondary N) is 1. The maximum absolute atomic E-state index is 11.8. The molecule has 0 heterocycles. The number of hydrogen-bond acceptors (Lipinski definition) is 4. The molecule has 0 aliphatic rings. The molecule has 0 aromatic heterocycles. The largest absolute Gasteiger partial charge is 0.480 e. The van der Waals surface area contributed by atoms with Crippen molar-refractivity contribution in [3.05, 3.63) is 29.8 Å². The van der Waals surface area contributed by atoms with Crippen LogP contribution in [0.25, 0.3) is 0 Å². The van der Waals surface area contributed by atoms with Crippen LogP contribution in [0.4, 0.5) is 5.69 Å². The molecule has 6 nitrogen and oxygen atoms in total. The summed E-state index contributed by atoms with van der Waals surface area (Å²) in [6.45, 7) is 0. The number of aliphatic carboxylic acids is 1. The molecule has 20 heavy (non-hydrogen) atoms. The summed E-state index contributed by atoms with van der Waals surface area (Å²) in [4.78, 5) is 10.7. The molecule has 0 radical (unpaired) electrons. The summed E-state index contributed by atoms with van der Waals surface area (Å²) in [7, 11) is -3.36. The Morgan fingerprint density at radius 2 is 2.15 bits per heavy atom. The third-order valence-corrected chi connectivity index (χ3v) is 4.66. The lowest BCUT2D eigenvalue weighted by molar-refractivity contribution is -0.138. The van der Waals surface area contributed by atoms with Gasteiger partial charge in [0.25, 0.3) is 0 Å². The number of hydrogen-bond donors (Lipinski definition) is 3. The van der Waals surface area contributed by atoms with Crippen LogP contribution in [0.15, 0.2) is 24.3 Å². The van der Waals surface area contributed by atoms with Crippen molar-refractivity contribution in [2.75, 3.05) is 14.9 Å². The standard InChI is InChI=1S/C12H17IN2O4S/c13-5-2-6-20(18,19)15-10-4-1-3-9(7-10)8-11(14)12(16)17/h1,3-4,7,11,15H,2,5-6,8,14H2,(H,16,17)/t11-/m0/s1. The van der Waals surface area contributed by atoms with Crippen LogP contribution < -0.4 is 10.5 Å². The van der Waals surface area contributed by atoms with Gasteiger partial charge in [-0.05, 0) is 30.5 Å². The van der Waals surface area contributed by atoms with Gasteiger partial charge >= 0.3 is 5.97 Å². The minimum atomic E-state index is -3.36. The molecule has 0 saturated heterocycles. The predicted octanol–water partition coefficient (Wildman–Crippen LogP) is 1.21. The SMILES string of the molecule is N[C@@H](Cc1cccc(NS(=O)(=O)CCCI)c1)C(=O)O. The van der Waals surface area contributed by atoms with E-state index in [1.54, 1.807) is 24.3 Å². The van der Waals surface area contributed by atoms with E-state index in [4.69, 9.17) is 10.8 Å². The average Bonchev–Trinajstić information content (AvgIpc) is 2.36. The van der Waals surface area contributed by atoms with Crippen LogP contribution in [-0.2, 0) is 21.2 Å². The first-order chi connectivity index (χ1) is 9.34. The van der Waals surface area contributed by atoms with E-state index in [0.717, 1.165) is 4.43 Å². The van der Waals surface area contributed by atoms with Crippen molar-refractivity contribution in [3.8, 4) is 0 Å². The molecule has 1 aromatic carbocycles. The van der Waals surface area contributed by atoms with Crippen LogP contribution in [-0.4, -0.2) is 35.7 Å². The lowest BCUT2D eigenvalue weighted by Gasteiger charge is -2.10. The summed E-state index contributed by atoms with van der Waals surface area (Å²) in [5.41, 5.74) is 6.55. The fourth-order valence-electron chi connectivity index (χ4n) is 1.58. The molecule has 1 atom stereocenters. The van der Waals surface area contributed by atoms with Crippen molar-refractivity contribution in [3.63, 3.8) is 0 Å². The van der Waals surface area contributed by atoms with Crippen molar-refractivity contribution in [1.29, 1.82) is 0 Å². The number of sulfonamides is 1. The fraction of sp³-hybridized carbons (Fsp3) is 0.417. The first-order valence-electron chi connectivity index (χ1n) is 5.98. The van der Waals surface area contributed by atoms with Gasteiger partial charge in [-0.2, -0.15) is 0 Å². The molecule has 0 saturated carbocycles. The third-order valence-electron chi connectivity index (χ3n) is 2.52. The number of carbonyl (C=O) groups is 1. The summed E-state index contributed by atoms with van der Waals surface area (Å²) < 4.78 is 26.8. The van der Waals surface area contributed by atoms with E-state index in [0.29, 0.717) is 17.7 Å². The summed E-state index contributed by atoms with van der Waals surface area (Å²) in [6, 6.07) is 5.61. The Morgan fingerprint density at radius 3 is 2.75 bits per heavy atom. The third kappa shape index (κ3) is 6.06. The first kappa shape index (κ1) is 17.2. The Kier molecular flexibility index (Phi) is 6.69. The summed E-state index contributed by atoms with van der Waals surface area (Å²) in [5.74, 6) is -1.02. The minimum Gasteiger partial charge on any atom is -0.480 e. The van der Waals surface area contributed by atoms with Crippen molar-refractivity contribution >= 4 is 44.3 Å². The zero-order chi connectivity index (χ0) is 15.2. The molecule has 1 aromatic rings. The molecule has 1 rings (SSSR count). The molecular formula is C12H17IN2O4S. The number of benzene rings is 1. The van der Waals surface area contributed by atoms with Crippen LogP contribution in [0.3, 0.4) is 0 Å². The van der Waals surface area contributed by atoms with Crippen LogP contribution in [0.2, 0.25) is 0 Å². The highest BCUT2D eigenvalue weighted by atomic mass is 127. The number of rotatable bonds is 8. The highest BCUT2D eigenvalue weighted by Crippen LogP contribution is 2.14. The van der Waals surface area contributed by atoms with Gasteiger partial charge in [-0.3, -0.25) is 9.52 Å². The quantitative estimate of drug-likeness (QED) is 0.439. The van der Waals surface area contributed by atoms with E-state index >= 15 is 0 Å². The molecule has 0 bridgehead atoms. The lowest BCUT2D eigenvalue weighted by Crippen LogP contribution is -2.32. The molecular weight excluding hydrogens is 395 g/mol. The van der Waals surface area contributed by atoms with Gasteiger partial charge in [-0.25, -0.2) is 8.42 Å². The summed E-state index contributed by atoms with van der Waals surface area (Å²) >= 11 is 2.12. The average molecular weight is 412 g/mol. The van der Waals surface area contributed by atoms with Gasteiger partial charge in [-0.15, -0.1) is 0 Å². The number of halogens is 1. The predicted molar refractivity (Wildman–Crippen MR) is 86.7 cm³/mol. The first-order valence-corrected chi connectivity index (χ1v) is 9.15. The highest BCUT2D eigenvalue weighted by molar-refractivity contribution is 14.1. The topological polar surface area (TPSA) is 109 Å². The van der Waals surface area contributed by atoms with E-state index in [1.165, 1.54) is 0 Å². The highest BCUT2D eigenvalue weighted by Gasteiger charge is 2.13. The molecule has 0 amide bonds. The summed E-state index contributed by atoms with van der Waals surface area (Å²) in [5, 5.41) is 8.76. The van der Waals surface area contributed by atoms with Crippen molar-refractivity contribution in [2.24, 2.45) is 5.73 Å². The normalized spacial score (nSPS) is 12.9. The second kappa shape index (κ2) is 7.79. The Bertz CT molecular complexity index is 562. The number of carboxylic acid groups (broad SMARTS) is 1. The second-order valence-electron chi connectivity index (χ2n) is 4.31. The number of alkyl halides is 1. The van der Waals surface area contributed by atoms with Crippen molar-refractivity contribution in [1.82, 2.24) is 0 Å². The van der Waals surface area contributed by atoms with Gasteiger partial charge in [0.05, 0.1) is 5.75 Å². The maximum atomic E-state index is 11.8. The molecule has 0 spiro atoms. The van der Waals surface area contributed by atoms with Gasteiger partial charge in [0, 0.05) is 10.1 Å². The smallest absolute Gasteiger partial charge is 0.320 e. The van der Waals surface area contributed by atoms with Crippen molar-refractivity contribution in [2.45, 2.75) is 18.9 Å². The monoisotopic (exact) mass is 412 g/mol. The Morgan fingerprint density at radius 1 is 1.45 bits per heavy atom. The fourth-order valence-corrected chi connectivity index (χ4v) is 3.59. The van der Waals surface area contributed by atoms with Gasteiger partial charge in [0.15, 0.2) is 0 Å². The molecule has 0 aliphatic carbocycles. The molecule has 0 fully saturated rings. The van der Waals surface area contributed by atoms with E-state index in [2.05, 4.69) is 27.3 Å². The van der Waals surface area contributed by atoms with E-state index < -0.39 is 22.0 Å². The zero-order valence-electron chi connectivity index (χ0n) is 10.8. The van der Waals surface area contributed by atoms with Crippen LogP contribution in [0.1, 0.15) is 12.0 Å². The van der Waals surface area contributed by atoms with Crippen LogP contribution >= 0.6 is 22.6 Å². The Hall–Kier alpha value is -0.870. The Balaban J connectivity index is 2.75. The molecule has 0 aliphatic heterocycles. The van der Waals surface area contributed by atoms with E-state index in [9.17, 15) is 13.2 Å². The van der Waals surface area contributed by atoms with E-state index in [1.807, 2.05) is 0 Å². The molecule has 0 unspecified atom stereocenters. The van der Waals surface area contributed by atoms with Gasteiger partial charge < -0.3 is 10.8 Å².